The van der Waals surface area contributed by atoms with Gasteiger partial charge in [-0.1, -0.05) is 6.07 Å². The minimum absolute atomic E-state index is 0.136. The lowest BCUT2D eigenvalue weighted by Crippen LogP contribution is -2.31. The van der Waals surface area contributed by atoms with Crippen LogP contribution >= 0.6 is 0 Å². The van der Waals surface area contributed by atoms with Crippen LogP contribution < -0.4 is 9.47 Å². The number of hydrogen-bond donors (Lipinski definition) is 0. The van der Waals surface area contributed by atoms with Crippen molar-refractivity contribution in [3.05, 3.63) is 53.3 Å². The van der Waals surface area contributed by atoms with Crippen molar-refractivity contribution in [2.45, 2.75) is 31.2 Å². The summed E-state index contributed by atoms with van der Waals surface area (Å²) in [6.45, 7) is 3.43. The van der Waals surface area contributed by atoms with Crippen molar-refractivity contribution < 1.29 is 27.1 Å². The summed E-state index contributed by atoms with van der Waals surface area (Å²) < 4.78 is 51.9. The van der Waals surface area contributed by atoms with Crippen LogP contribution in [0.15, 0.2) is 41.3 Å². The predicted molar refractivity (Wildman–Crippen MR) is 107 cm³/mol. The van der Waals surface area contributed by atoms with Gasteiger partial charge < -0.3 is 14.4 Å². The van der Waals surface area contributed by atoms with E-state index in [-0.39, 0.29) is 18.3 Å². The van der Waals surface area contributed by atoms with E-state index in [0.29, 0.717) is 37.7 Å². The fourth-order valence-electron chi connectivity index (χ4n) is 3.67. The molecule has 0 aliphatic carbocycles. The molecule has 0 spiro atoms. The Bertz CT molecular complexity index is 1070. The van der Waals surface area contributed by atoms with E-state index < -0.39 is 20.7 Å². The number of sulfonamides is 1. The number of fused-ring (bicyclic) bond motifs is 1. The molecule has 1 amide bonds. The summed E-state index contributed by atoms with van der Waals surface area (Å²) >= 11 is 0. The van der Waals surface area contributed by atoms with Crippen LogP contribution in [0, 0.1) is 5.82 Å². The highest BCUT2D eigenvalue weighted by atomic mass is 32.2. The van der Waals surface area contributed by atoms with Gasteiger partial charge in [0.2, 0.25) is 16.8 Å². The van der Waals surface area contributed by atoms with Crippen LogP contribution in [0.1, 0.15) is 35.7 Å². The first-order valence-electron chi connectivity index (χ1n) is 9.87. The van der Waals surface area contributed by atoms with E-state index in [1.54, 1.807) is 11.0 Å². The summed E-state index contributed by atoms with van der Waals surface area (Å²) in [5.41, 5.74) is 0.984. The molecule has 4 rings (SSSR count). The molecule has 2 heterocycles. The highest BCUT2D eigenvalue weighted by molar-refractivity contribution is 7.89. The first-order chi connectivity index (χ1) is 14.4. The zero-order valence-electron chi connectivity index (χ0n) is 16.6. The van der Waals surface area contributed by atoms with Gasteiger partial charge in [-0.15, -0.1) is 0 Å². The molecular weight excluding hydrogens is 411 g/mol. The molecule has 0 radical (unpaired) electrons. The smallest absolute Gasteiger partial charge is 0.254 e. The molecule has 0 N–H and O–H groups in total. The molecule has 2 aliphatic heterocycles. The lowest BCUT2D eigenvalue weighted by atomic mass is 10.1. The first-order valence-corrected chi connectivity index (χ1v) is 11.3. The molecule has 9 heteroatoms. The molecule has 0 atom stereocenters. The Morgan fingerprint density at radius 3 is 2.57 bits per heavy atom. The van der Waals surface area contributed by atoms with Crippen molar-refractivity contribution in [3.8, 4) is 11.5 Å². The molecule has 160 valence electrons. The van der Waals surface area contributed by atoms with E-state index in [1.807, 2.05) is 19.1 Å². The number of ether oxygens (including phenoxy) is 2. The summed E-state index contributed by atoms with van der Waals surface area (Å²) in [7, 11) is -3.97. The van der Waals surface area contributed by atoms with Crippen molar-refractivity contribution in [2.75, 3.05) is 26.4 Å². The molecule has 0 aromatic heterocycles. The molecule has 0 unspecified atom stereocenters. The van der Waals surface area contributed by atoms with Gasteiger partial charge in [-0.05, 0) is 55.7 Å². The van der Waals surface area contributed by atoms with Crippen molar-refractivity contribution >= 4 is 15.9 Å². The Morgan fingerprint density at radius 2 is 1.83 bits per heavy atom. The second kappa shape index (κ2) is 8.23. The van der Waals surface area contributed by atoms with E-state index in [4.69, 9.17) is 9.47 Å². The molecule has 7 nitrogen and oxygen atoms in total. The van der Waals surface area contributed by atoms with Crippen LogP contribution in [0.25, 0.3) is 0 Å². The zero-order valence-corrected chi connectivity index (χ0v) is 17.5. The molecular formula is C21H23FN2O5S. The third kappa shape index (κ3) is 3.87. The highest BCUT2D eigenvalue weighted by Crippen LogP contribution is 2.33. The molecule has 2 aliphatic rings. The monoisotopic (exact) mass is 434 g/mol. The Morgan fingerprint density at radius 1 is 1.10 bits per heavy atom. The van der Waals surface area contributed by atoms with Crippen molar-refractivity contribution in [2.24, 2.45) is 0 Å². The van der Waals surface area contributed by atoms with Crippen LogP contribution in [0.2, 0.25) is 0 Å². The number of hydrogen-bond acceptors (Lipinski definition) is 5. The number of halogens is 1. The normalized spacial score (nSPS) is 16.1. The number of carbonyl (C=O) groups excluding carboxylic acids is 1. The predicted octanol–water partition coefficient (Wildman–Crippen LogP) is 3.00. The van der Waals surface area contributed by atoms with Gasteiger partial charge in [-0.3, -0.25) is 4.79 Å². The van der Waals surface area contributed by atoms with Gasteiger partial charge in [0.15, 0.2) is 11.5 Å². The topological polar surface area (TPSA) is 76.1 Å². The van der Waals surface area contributed by atoms with Gasteiger partial charge in [-0.25, -0.2) is 12.8 Å². The number of carbonyl (C=O) groups is 1. The summed E-state index contributed by atoms with van der Waals surface area (Å²) in [5.74, 6) is 0.0607. The average molecular weight is 434 g/mol. The van der Waals surface area contributed by atoms with Crippen LogP contribution in [0.4, 0.5) is 4.39 Å². The van der Waals surface area contributed by atoms with Crippen LogP contribution in [-0.4, -0.2) is 50.0 Å². The number of amides is 1. The second-order valence-electron chi connectivity index (χ2n) is 7.26. The maximum absolute atomic E-state index is 14.4. The summed E-state index contributed by atoms with van der Waals surface area (Å²) in [4.78, 5) is 14.2. The maximum Gasteiger partial charge on any atom is 0.254 e. The van der Waals surface area contributed by atoms with E-state index in [1.165, 1.54) is 10.4 Å². The molecule has 30 heavy (non-hydrogen) atoms. The third-order valence-corrected chi connectivity index (χ3v) is 7.25. The minimum Gasteiger partial charge on any atom is -0.454 e. The standard InChI is InChI=1S/C21H23FN2O5S/c1-2-23(13-15-5-8-18-19(11-15)29-14-28-18)21(25)16-6-7-17(22)20(12-16)30(26,27)24-9-3-4-10-24/h5-8,11-12H,2-4,9-10,13-14H2,1H3. The second-order valence-corrected chi connectivity index (χ2v) is 9.17. The summed E-state index contributed by atoms with van der Waals surface area (Å²) in [6, 6.07) is 8.96. The van der Waals surface area contributed by atoms with Gasteiger partial charge in [0.1, 0.15) is 10.7 Å². The van der Waals surface area contributed by atoms with Gasteiger partial charge >= 0.3 is 0 Å². The lowest BCUT2D eigenvalue weighted by Gasteiger charge is -2.22. The SMILES string of the molecule is CCN(Cc1ccc2c(c1)OCO2)C(=O)c1ccc(F)c(S(=O)(=O)N2CCCC2)c1. The number of rotatable bonds is 6. The molecule has 0 bridgehead atoms. The highest BCUT2D eigenvalue weighted by Gasteiger charge is 2.31. The summed E-state index contributed by atoms with van der Waals surface area (Å²) in [5, 5.41) is 0. The van der Waals surface area contributed by atoms with E-state index >= 15 is 0 Å². The van der Waals surface area contributed by atoms with Gasteiger partial charge in [0.25, 0.3) is 5.91 Å². The molecule has 2 aromatic carbocycles. The van der Waals surface area contributed by atoms with Gasteiger partial charge in [0.05, 0.1) is 0 Å². The lowest BCUT2D eigenvalue weighted by molar-refractivity contribution is 0.0752. The Kier molecular flexibility index (Phi) is 5.66. The number of benzene rings is 2. The average Bonchev–Trinajstić information content (AvgIpc) is 3.43. The fourth-order valence-corrected chi connectivity index (χ4v) is 5.28. The van der Waals surface area contributed by atoms with Crippen molar-refractivity contribution in [3.63, 3.8) is 0 Å². The summed E-state index contributed by atoms with van der Waals surface area (Å²) in [6.07, 6.45) is 1.50. The molecule has 1 fully saturated rings. The van der Waals surface area contributed by atoms with Crippen molar-refractivity contribution in [1.82, 2.24) is 9.21 Å². The molecule has 0 saturated carbocycles. The Hall–Kier alpha value is -2.65. The number of nitrogens with zero attached hydrogens (tertiary/aromatic N) is 2. The fraction of sp³-hybridized carbons (Fsp3) is 0.381. The molecule has 2 aromatic rings. The molecule has 1 saturated heterocycles. The van der Waals surface area contributed by atoms with Gasteiger partial charge in [0, 0.05) is 31.7 Å². The van der Waals surface area contributed by atoms with Crippen LogP contribution in [0.5, 0.6) is 11.5 Å². The van der Waals surface area contributed by atoms with Crippen molar-refractivity contribution in [1.29, 1.82) is 0 Å². The minimum atomic E-state index is -3.97. The Balaban J connectivity index is 1.58. The maximum atomic E-state index is 14.4. The van der Waals surface area contributed by atoms with Crippen LogP contribution in [-0.2, 0) is 16.6 Å². The Labute approximate surface area is 175 Å². The van der Waals surface area contributed by atoms with Crippen LogP contribution in [0.3, 0.4) is 0 Å². The largest absolute Gasteiger partial charge is 0.454 e. The van der Waals surface area contributed by atoms with Gasteiger partial charge in [-0.2, -0.15) is 4.31 Å². The van der Waals surface area contributed by atoms with E-state index in [2.05, 4.69) is 0 Å². The first kappa shape index (κ1) is 20.6. The quantitative estimate of drug-likeness (QED) is 0.699. The van der Waals surface area contributed by atoms with E-state index in [9.17, 15) is 17.6 Å². The van der Waals surface area contributed by atoms with E-state index in [0.717, 1.165) is 30.5 Å². The zero-order chi connectivity index (χ0) is 21.3. The third-order valence-electron chi connectivity index (χ3n) is 5.34.